The van der Waals surface area contributed by atoms with Crippen molar-refractivity contribution in [2.45, 2.75) is 91.9 Å². The Kier molecular flexibility index (Phi) is 6.37. The SMILES string of the molecule is COC(=O)c1ccc(C2=CCC3(C)C(CCC4(C)C5CCC6(C(=O)NO)CCC[C@@H]6C5CCC43)C2(C)C)cc1. The summed E-state index contributed by atoms with van der Waals surface area (Å²) in [5.74, 6) is 2.60. The molecule has 4 saturated carbocycles. The number of esters is 1. The second kappa shape index (κ2) is 9.19. The van der Waals surface area contributed by atoms with Crippen molar-refractivity contribution in [3.8, 4) is 0 Å². The average Bonchev–Trinajstić information content (AvgIpc) is 3.38. The Labute approximate surface area is 234 Å². The Balaban J connectivity index is 1.30. The maximum Gasteiger partial charge on any atom is 0.337 e. The molecule has 1 aromatic rings. The molecule has 7 unspecified atom stereocenters. The number of nitrogens with one attached hydrogen (secondary N) is 1. The lowest BCUT2D eigenvalue weighted by molar-refractivity contribution is -0.184. The van der Waals surface area contributed by atoms with Crippen LogP contribution in [0.5, 0.6) is 0 Å². The molecule has 0 spiro atoms. The molecule has 0 bridgehead atoms. The summed E-state index contributed by atoms with van der Waals surface area (Å²) in [4.78, 5) is 24.9. The first-order chi connectivity index (χ1) is 18.5. The van der Waals surface area contributed by atoms with E-state index in [1.54, 1.807) is 0 Å². The highest BCUT2D eigenvalue weighted by Gasteiger charge is 2.66. The highest BCUT2D eigenvalue weighted by Crippen LogP contribution is 2.73. The normalized spacial score (nSPS) is 42.2. The standard InChI is InChI=1S/C34H47NO4/c1-31(2)24(21-8-10-22(11-9-21)29(36)39-5)14-18-33(4)27(31)16-19-32(3)25-15-20-34(30(37)35-38)17-6-7-26(34)23(25)12-13-28(32)33/h8-11,14,23,25-28,38H,6-7,12-13,15-20H2,1-5H3,(H,35,37)/t23?,25?,26-,27?,28?,32?,33?,34?/m1/s1. The van der Waals surface area contributed by atoms with Crippen molar-refractivity contribution < 1.29 is 19.5 Å². The molecule has 5 aliphatic carbocycles. The van der Waals surface area contributed by atoms with E-state index in [1.165, 1.54) is 43.9 Å². The van der Waals surface area contributed by atoms with Crippen LogP contribution in [-0.2, 0) is 9.53 Å². The first-order valence-corrected chi connectivity index (χ1v) is 15.4. The van der Waals surface area contributed by atoms with Gasteiger partial charge in [-0.25, -0.2) is 10.3 Å². The highest BCUT2D eigenvalue weighted by molar-refractivity contribution is 5.90. The van der Waals surface area contributed by atoms with Crippen LogP contribution in [0.15, 0.2) is 30.3 Å². The molecule has 212 valence electrons. The first-order valence-electron chi connectivity index (χ1n) is 15.4. The lowest BCUT2D eigenvalue weighted by Crippen LogP contribution is -2.61. The molecule has 5 aliphatic rings. The molecule has 0 aliphatic heterocycles. The number of fused-ring (bicyclic) bond motifs is 7. The van der Waals surface area contributed by atoms with Crippen molar-refractivity contribution in [1.29, 1.82) is 0 Å². The summed E-state index contributed by atoms with van der Waals surface area (Å²) < 4.78 is 4.91. The number of amides is 1. The third-order valence-electron chi connectivity index (χ3n) is 13.3. The molecule has 4 fully saturated rings. The van der Waals surface area contributed by atoms with E-state index in [-0.39, 0.29) is 28.1 Å². The van der Waals surface area contributed by atoms with Gasteiger partial charge in [-0.3, -0.25) is 10.0 Å². The van der Waals surface area contributed by atoms with E-state index in [4.69, 9.17) is 4.74 Å². The summed E-state index contributed by atoms with van der Waals surface area (Å²) in [6, 6.07) is 7.99. The van der Waals surface area contributed by atoms with E-state index >= 15 is 0 Å². The zero-order valence-corrected chi connectivity index (χ0v) is 24.5. The molecule has 0 aromatic heterocycles. The molecule has 2 N–H and O–H groups in total. The minimum atomic E-state index is -0.339. The molecule has 6 rings (SSSR count). The van der Waals surface area contributed by atoms with Gasteiger partial charge in [0.2, 0.25) is 5.91 Å². The number of benzene rings is 1. The zero-order valence-electron chi connectivity index (χ0n) is 24.5. The fourth-order valence-electron chi connectivity index (χ4n) is 11.7. The molecule has 8 atom stereocenters. The lowest BCUT2D eigenvalue weighted by Gasteiger charge is -2.68. The van der Waals surface area contributed by atoms with Crippen LogP contribution in [0.1, 0.15) is 108 Å². The lowest BCUT2D eigenvalue weighted by atomic mass is 9.36. The minimum absolute atomic E-state index is 0.0460. The number of hydrogen-bond donors (Lipinski definition) is 2. The molecule has 0 radical (unpaired) electrons. The highest BCUT2D eigenvalue weighted by atomic mass is 16.5. The van der Waals surface area contributed by atoms with Gasteiger partial charge in [-0.05, 0) is 127 Å². The molecular formula is C34H47NO4. The van der Waals surface area contributed by atoms with Gasteiger partial charge in [-0.1, -0.05) is 52.3 Å². The number of carbonyl (C=O) groups is 2. The van der Waals surface area contributed by atoms with Gasteiger partial charge >= 0.3 is 5.97 Å². The van der Waals surface area contributed by atoms with Crippen LogP contribution in [0.4, 0.5) is 0 Å². The maximum absolute atomic E-state index is 12.9. The van der Waals surface area contributed by atoms with Gasteiger partial charge in [0.25, 0.3) is 0 Å². The summed E-state index contributed by atoms with van der Waals surface area (Å²) >= 11 is 0. The second-order valence-corrected chi connectivity index (χ2v) is 14.8. The van der Waals surface area contributed by atoms with Crippen molar-refractivity contribution in [2.75, 3.05) is 7.11 Å². The maximum atomic E-state index is 12.9. The van der Waals surface area contributed by atoms with Gasteiger partial charge in [-0.15, -0.1) is 0 Å². The van der Waals surface area contributed by atoms with Crippen LogP contribution in [0.2, 0.25) is 0 Å². The predicted octanol–water partition coefficient (Wildman–Crippen LogP) is 7.44. The second-order valence-electron chi connectivity index (χ2n) is 14.8. The smallest absolute Gasteiger partial charge is 0.337 e. The number of carbonyl (C=O) groups excluding carboxylic acids is 2. The van der Waals surface area contributed by atoms with Crippen LogP contribution in [0, 0.1) is 51.2 Å². The van der Waals surface area contributed by atoms with E-state index in [0.717, 1.165) is 38.5 Å². The Morgan fingerprint density at radius 2 is 1.62 bits per heavy atom. The van der Waals surface area contributed by atoms with E-state index < -0.39 is 0 Å². The number of hydrogen-bond acceptors (Lipinski definition) is 4. The fourth-order valence-corrected chi connectivity index (χ4v) is 11.7. The van der Waals surface area contributed by atoms with Crippen LogP contribution >= 0.6 is 0 Å². The van der Waals surface area contributed by atoms with Crippen molar-refractivity contribution in [2.24, 2.45) is 51.2 Å². The summed E-state index contributed by atoms with van der Waals surface area (Å²) in [6.07, 6.45) is 13.9. The Hall–Kier alpha value is -2.14. The quantitative estimate of drug-likeness (QED) is 0.241. The van der Waals surface area contributed by atoms with Crippen LogP contribution in [0.3, 0.4) is 0 Å². The molecule has 0 heterocycles. The van der Waals surface area contributed by atoms with Gasteiger partial charge in [0.15, 0.2) is 0 Å². The van der Waals surface area contributed by atoms with Crippen LogP contribution in [0.25, 0.3) is 5.57 Å². The molecule has 1 aromatic carbocycles. The monoisotopic (exact) mass is 533 g/mol. The average molecular weight is 534 g/mol. The molecule has 39 heavy (non-hydrogen) atoms. The topological polar surface area (TPSA) is 75.6 Å². The summed E-state index contributed by atoms with van der Waals surface area (Å²) in [7, 11) is 1.43. The summed E-state index contributed by atoms with van der Waals surface area (Å²) in [5, 5.41) is 9.60. The third kappa shape index (κ3) is 3.67. The molecule has 5 heteroatoms. The Morgan fingerprint density at radius 3 is 2.31 bits per heavy atom. The summed E-state index contributed by atoms with van der Waals surface area (Å²) in [5.41, 5.74) is 5.58. The third-order valence-corrected chi connectivity index (χ3v) is 13.3. The van der Waals surface area contributed by atoms with Crippen molar-refractivity contribution >= 4 is 17.4 Å². The molecular weight excluding hydrogens is 486 g/mol. The molecule has 0 saturated heterocycles. The van der Waals surface area contributed by atoms with Gasteiger partial charge < -0.3 is 4.74 Å². The number of rotatable bonds is 3. The van der Waals surface area contributed by atoms with Crippen LogP contribution in [-0.4, -0.2) is 24.2 Å². The first kappa shape index (κ1) is 27.1. The van der Waals surface area contributed by atoms with Gasteiger partial charge in [0, 0.05) is 0 Å². The molecule has 1 amide bonds. The number of hydroxylamine groups is 1. The van der Waals surface area contributed by atoms with Gasteiger partial charge in [0.1, 0.15) is 0 Å². The van der Waals surface area contributed by atoms with Gasteiger partial charge in [0.05, 0.1) is 18.1 Å². The van der Waals surface area contributed by atoms with E-state index in [0.29, 0.717) is 40.6 Å². The molecule has 5 nitrogen and oxygen atoms in total. The predicted molar refractivity (Wildman–Crippen MR) is 152 cm³/mol. The number of ether oxygens (including phenoxy) is 1. The van der Waals surface area contributed by atoms with E-state index in [9.17, 15) is 14.8 Å². The minimum Gasteiger partial charge on any atom is -0.465 e. The van der Waals surface area contributed by atoms with E-state index in [1.807, 2.05) is 12.1 Å². The van der Waals surface area contributed by atoms with Gasteiger partial charge in [-0.2, -0.15) is 0 Å². The zero-order chi connectivity index (χ0) is 27.8. The largest absolute Gasteiger partial charge is 0.465 e. The summed E-state index contributed by atoms with van der Waals surface area (Å²) in [6.45, 7) is 10.1. The number of methoxy groups -OCH3 is 1. The van der Waals surface area contributed by atoms with Crippen molar-refractivity contribution in [3.05, 3.63) is 41.5 Å². The van der Waals surface area contributed by atoms with Crippen molar-refractivity contribution in [1.82, 2.24) is 5.48 Å². The van der Waals surface area contributed by atoms with Crippen molar-refractivity contribution in [3.63, 3.8) is 0 Å². The Morgan fingerprint density at radius 1 is 0.872 bits per heavy atom. The van der Waals surface area contributed by atoms with Crippen LogP contribution < -0.4 is 5.48 Å². The fraction of sp³-hybridized carbons (Fsp3) is 0.706. The number of allylic oxidation sites excluding steroid dienone is 2. The van der Waals surface area contributed by atoms with E-state index in [2.05, 4.69) is 51.4 Å². The Bertz CT molecular complexity index is 1190.